The summed E-state index contributed by atoms with van der Waals surface area (Å²) in [5.74, 6) is 2.85. The van der Waals surface area contributed by atoms with Crippen LogP contribution in [0.5, 0.6) is 0 Å². The van der Waals surface area contributed by atoms with Crippen molar-refractivity contribution in [3.63, 3.8) is 0 Å². The van der Waals surface area contributed by atoms with E-state index in [0.29, 0.717) is 21.8 Å². The van der Waals surface area contributed by atoms with E-state index in [1.165, 1.54) is 30.3 Å². The molecular formula is C23H17FN2O4S2. The molecule has 0 aliphatic carbocycles. The predicted octanol–water partition coefficient (Wildman–Crippen LogP) is 3.88. The number of sulfone groups is 1. The molecule has 0 spiro atoms. The number of carbonyl (C=O) groups is 1. The van der Waals surface area contributed by atoms with Gasteiger partial charge in [0.15, 0.2) is 9.84 Å². The monoisotopic (exact) mass is 468 g/mol. The second-order valence-corrected chi connectivity index (χ2v) is 10.4. The molecule has 0 bridgehead atoms. The van der Waals surface area contributed by atoms with Crippen LogP contribution in [0.15, 0.2) is 64.9 Å². The summed E-state index contributed by atoms with van der Waals surface area (Å²) in [6.45, 7) is 0. The van der Waals surface area contributed by atoms with Gasteiger partial charge in [0.2, 0.25) is 0 Å². The molecule has 2 N–H and O–H groups in total. The average Bonchev–Trinajstić information content (AvgIpc) is 3.39. The molecular weight excluding hydrogens is 451 g/mol. The van der Waals surface area contributed by atoms with Crippen LogP contribution in [0.2, 0.25) is 0 Å². The molecule has 0 aliphatic rings. The first-order chi connectivity index (χ1) is 15.3. The molecule has 0 fully saturated rings. The minimum absolute atomic E-state index is 0.0359. The van der Waals surface area contributed by atoms with Crippen molar-refractivity contribution in [2.45, 2.75) is 10.6 Å². The van der Waals surface area contributed by atoms with Crippen LogP contribution in [-0.4, -0.2) is 35.2 Å². The van der Waals surface area contributed by atoms with Crippen LogP contribution in [0.3, 0.4) is 0 Å². The Hall–Kier alpha value is -3.48. The highest BCUT2D eigenvalue weighted by atomic mass is 32.2. The number of aromatic nitrogens is 2. The van der Waals surface area contributed by atoms with Gasteiger partial charge in [-0.15, -0.1) is 11.3 Å². The van der Waals surface area contributed by atoms with Crippen LogP contribution >= 0.6 is 11.3 Å². The number of aliphatic carboxylic acids is 1. The highest BCUT2D eigenvalue weighted by molar-refractivity contribution is 7.93. The largest absolute Gasteiger partial charge is 0.481 e. The number of halogens is 1. The third-order valence-electron chi connectivity index (χ3n) is 4.71. The van der Waals surface area contributed by atoms with Crippen LogP contribution in [0.1, 0.15) is 16.3 Å². The maximum atomic E-state index is 13.0. The number of nitrogens with one attached hydrogen (secondary N) is 1. The maximum Gasteiger partial charge on any atom is 0.307 e. The van der Waals surface area contributed by atoms with Crippen molar-refractivity contribution in [1.82, 2.24) is 9.97 Å². The summed E-state index contributed by atoms with van der Waals surface area (Å²) in [7, 11) is -3.84. The van der Waals surface area contributed by atoms with E-state index in [4.69, 9.17) is 0 Å². The van der Waals surface area contributed by atoms with Crippen LogP contribution < -0.4 is 0 Å². The molecule has 2 heterocycles. The number of carboxylic acids is 1. The zero-order chi connectivity index (χ0) is 22.7. The average molecular weight is 469 g/mol. The topological polar surface area (TPSA) is 100 Å². The third-order valence-corrected chi connectivity index (χ3v) is 8.11. The number of benzene rings is 2. The molecule has 1 atom stereocenters. The van der Waals surface area contributed by atoms with E-state index < -0.39 is 27.5 Å². The summed E-state index contributed by atoms with van der Waals surface area (Å²) in [5, 5.41) is 9.60. The van der Waals surface area contributed by atoms with E-state index in [-0.39, 0.29) is 16.4 Å². The Morgan fingerprint density at radius 1 is 1.09 bits per heavy atom. The Balaban J connectivity index is 1.50. The minimum atomic E-state index is -3.84. The van der Waals surface area contributed by atoms with E-state index in [2.05, 4.69) is 21.8 Å². The number of imidazole rings is 1. The molecule has 2 aromatic heterocycles. The fourth-order valence-electron chi connectivity index (χ4n) is 3.12. The lowest BCUT2D eigenvalue weighted by molar-refractivity contribution is -0.140. The van der Waals surface area contributed by atoms with Crippen molar-refractivity contribution in [1.29, 1.82) is 0 Å². The van der Waals surface area contributed by atoms with Gasteiger partial charge in [0.05, 0.1) is 27.6 Å². The number of hydrogen-bond donors (Lipinski definition) is 2. The summed E-state index contributed by atoms with van der Waals surface area (Å²) in [6.07, 6.45) is -0.0359. The highest BCUT2D eigenvalue weighted by Crippen LogP contribution is 2.25. The van der Waals surface area contributed by atoms with Gasteiger partial charge in [-0.2, -0.15) is 0 Å². The Morgan fingerprint density at radius 2 is 1.84 bits per heavy atom. The molecule has 6 nitrogen and oxygen atoms in total. The standard InChI is InChI=1S/C23H17FN2O4S2/c24-17-8-5-15(6-9-17)7-10-18-11-12-22(31-18)32(29,30)14-16(23(27)28)13-21-25-19-3-1-2-4-20(19)26-21/h1-6,8-9,11-12,16H,13-14H2,(H,25,26)(H,27,28)/t16-/m1/s1. The minimum Gasteiger partial charge on any atom is -0.481 e. The molecule has 4 aromatic rings. The first-order valence-electron chi connectivity index (χ1n) is 9.57. The van der Waals surface area contributed by atoms with Gasteiger partial charge in [0.25, 0.3) is 0 Å². The lowest BCUT2D eigenvalue weighted by Crippen LogP contribution is -2.26. The van der Waals surface area contributed by atoms with Crippen LogP contribution in [0, 0.1) is 23.6 Å². The Bertz CT molecular complexity index is 1410. The number of nitrogens with zero attached hydrogens (tertiary/aromatic N) is 1. The molecule has 0 unspecified atom stereocenters. The van der Waals surface area contributed by atoms with Crippen LogP contribution in [0.4, 0.5) is 4.39 Å². The fraction of sp³-hybridized carbons (Fsp3) is 0.130. The molecule has 0 saturated heterocycles. The van der Waals surface area contributed by atoms with Crippen molar-refractivity contribution in [3.8, 4) is 11.8 Å². The van der Waals surface area contributed by atoms with Crippen molar-refractivity contribution in [2.24, 2.45) is 5.92 Å². The molecule has 2 aromatic carbocycles. The number of hydrogen-bond acceptors (Lipinski definition) is 5. The number of aromatic amines is 1. The fourth-order valence-corrected chi connectivity index (χ4v) is 5.92. The Morgan fingerprint density at radius 3 is 2.56 bits per heavy atom. The summed E-state index contributed by atoms with van der Waals surface area (Å²) >= 11 is 0.974. The Kier molecular flexibility index (Phi) is 6.08. The predicted molar refractivity (Wildman–Crippen MR) is 120 cm³/mol. The lowest BCUT2D eigenvalue weighted by Gasteiger charge is -2.10. The number of thiophene rings is 1. The number of fused-ring (bicyclic) bond motifs is 1. The molecule has 0 saturated carbocycles. The second-order valence-electron chi connectivity index (χ2n) is 7.10. The van der Waals surface area contributed by atoms with E-state index in [1.54, 1.807) is 12.1 Å². The van der Waals surface area contributed by atoms with Crippen molar-refractivity contribution in [2.75, 3.05) is 5.75 Å². The van der Waals surface area contributed by atoms with Gasteiger partial charge in [-0.25, -0.2) is 17.8 Å². The number of H-pyrrole nitrogens is 1. The zero-order valence-electron chi connectivity index (χ0n) is 16.6. The molecule has 9 heteroatoms. The molecule has 4 rings (SSSR count). The van der Waals surface area contributed by atoms with Crippen molar-refractivity contribution < 1.29 is 22.7 Å². The van der Waals surface area contributed by atoms with Gasteiger partial charge < -0.3 is 10.1 Å². The number of rotatable bonds is 6. The SMILES string of the molecule is O=C(O)[C@H](Cc1nc2ccccc2[nH]1)CS(=O)(=O)c1ccc(C#Cc2ccc(F)cc2)s1. The van der Waals surface area contributed by atoms with E-state index in [9.17, 15) is 22.7 Å². The van der Waals surface area contributed by atoms with Gasteiger partial charge in [0, 0.05) is 12.0 Å². The summed E-state index contributed by atoms with van der Waals surface area (Å²) < 4.78 is 38.8. The first-order valence-corrected chi connectivity index (χ1v) is 12.0. The second kappa shape index (κ2) is 8.94. The van der Waals surface area contributed by atoms with Gasteiger partial charge in [-0.1, -0.05) is 24.0 Å². The van der Waals surface area contributed by atoms with E-state index in [0.717, 1.165) is 16.9 Å². The zero-order valence-corrected chi connectivity index (χ0v) is 18.2. The third kappa shape index (κ3) is 5.04. The molecule has 0 aliphatic heterocycles. The smallest absolute Gasteiger partial charge is 0.307 e. The van der Waals surface area contributed by atoms with Crippen molar-refractivity contribution in [3.05, 3.63) is 82.7 Å². The molecule has 0 amide bonds. The maximum absolute atomic E-state index is 13.0. The van der Waals surface area contributed by atoms with Crippen LogP contribution in [-0.2, 0) is 21.1 Å². The normalized spacial score (nSPS) is 12.3. The summed E-state index contributed by atoms with van der Waals surface area (Å²) in [6, 6.07) is 15.9. The quantitative estimate of drug-likeness (QED) is 0.419. The highest BCUT2D eigenvalue weighted by Gasteiger charge is 2.29. The number of para-hydroxylation sites is 2. The van der Waals surface area contributed by atoms with Gasteiger partial charge >= 0.3 is 5.97 Å². The van der Waals surface area contributed by atoms with Gasteiger partial charge in [0.1, 0.15) is 15.9 Å². The summed E-state index contributed by atoms with van der Waals surface area (Å²) in [4.78, 5) is 19.7. The molecule has 32 heavy (non-hydrogen) atoms. The first kappa shape index (κ1) is 21.7. The van der Waals surface area contributed by atoms with E-state index in [1.807, 2.05) is 18.2 Å². The Labute approximate surface area is 187 Å². The van der Waals surface area contributed by atoms with E-state index >= 15 is 0 Å². The summed E-state index contributed by atoms with van der Waals surface area (Å²) in [5.41, 5.74) is 2.05. The molecule has 162 valence electrons. The van der Waals surface area contributed by atoms with Gasteiger partial charge in [-0.05, 0) is 48.5 Å². The van der Waals surface area contributed by atoms with Crippen LogP contribution in [0.25, 0.3) is 11.0 Å². The van der Waals surface area contributed by atoms with Crippen molar-refractivity contribution >= 4 is 38.2 Å². The van der Waals surface area contributed by atoms with Gasteiger partial charge in [-0.3, -0.25) is 4.79 Å². The lowest BCUT2D eigenvalue weighted by atomic mass is 10.1. The molecule has 0 radical (unpaired) electrons. The number of carboxylic acid groups (broad SMARTS) is 1.